The molecule has 0 aromatic heterocycles. The molecule has 0 spiro atoms. The van der Waals surface area contributed by atoms with Crippen LogP contribution in [-0.4, -0.2) is 23.4 Å². The van der Waals surface area contributed by atoms with Crippen molar-refractivity contribution in [1.82, 2.24) is 10.2 Å². The molecule has 4 nitrogen and oxygen atoms in total. The van der Waals surface area contributed by atoms with Gasteiger partial charge in [-0.25, -0.2) is 4.79 Å². The van der Waals surface area contributed by atoms with Crippen molar-refractivity contribution < 1.29 is 9.59 Å². The topological polar surface area (TPSA) is 49.4 Å². The van der Waals surface area contributed by atoms with Crippen LogP contribution in [0.1, 0.15) is 26.3 Å². The fourth-order valence-electron chi connectivity index (χ4n) is 2.31. The van der Waals surface area contributed by atoms with Crippen molar-refractivity contribution in [3.05, 3.63) is 33.8 Å². The normalized spacial score (nSPS) is 22.6. The average molecular weight is 315 g/mol. The number of amides is 3. The lowest BCUT2D eigenvalue weighted by atomic mass is 9.92. The number of nitrogens with zero attached hydrogens (tertiary/aromatic N) is 1. The Hall–Kier alpha value is -1.26. The molecule has 20 heavy (non-hydrogen) atoms. The zero-order valence-electron chi connectivity index (χ0n) is 11.5. The largest absolute Gasteiger partial charge is 0.325 e. The Kier molecular flexibility index (Phi) is 3.98. The number of hydrogen-bond acceptors (Lipinski definition) is 2. The van der Waals surface area contributed by atoms with Gasteiger partial charge in [0.15, 0.2) is 0 Å². The van der Waals surface area contributed by atoms with Gasteiger partial charge in [0.25, 0.3) is 5.91 Å². The summed E-state index contributed by atoms with van der Waals surface area (Å²) in [5.74, 6) is -0.0897. The van der Waals surface area contributed by atoms with E-state index in [1.54, 1.807) is 25.1 Å². The number of urea groups is 1. The van der Waals surface area contributed by atoms with Gasteiger partial charge in [-0.3, -0.25) is 9.69 Å². The maximum absolute atomic E-state index is 12.6. The van der Waals surface area contributed by atoms with E-state index >= 15 is 0 Å². The smallest absolute Gasteiger partial charge is 0.319 e. The van der Waals surface area contributed by atoms with Crippen molar-refractivity contribution in [2.75, 3.05) is 6.54 Å². The van der Waals surface area contributed by atoms with Crippen molar-refractivity contribution >= 4 is 35.1 Å². The summed E-state index contributed by atoms with van der Waals surface area (Å²) in [5.41, 5.74) is -0.596. The van der Waals surface area contributed by atoms with E-state index in [0.717, 1.165) is 0 Å². The van der Waals surface area contributed by atoms with Gasteiger partial charge in [-0.15, -0.1) is 0 Å². The van der Waals surface area contributed by atoms with Crippen LogP contribution in [0.15, 0.2) is 18.2 Å². The number of imide groups is 1. The molecule has 6 heteroatoms. The van der Waals surface area contributed by atoms with Gasteiger partial charge in [-0.2, -0.15) is 0 Å². The first-order valence-corrected chi connectivity index (χ1v) is 7.11. The molecular formula is C14H16Cl2N2O2. The summed E-state index contributed by atoms with van der Waals surface area (Å²) < 4.78 is 0. The molecule has 1 N–H and O–H groups in total. The van der Waals surface area contributed by atoms with Crippen LogP contribution in [0.3, 0.4) is 0 Å². The summed E-state index contributed by atoms with van der Waals surface area (Å²) in [7, 11) is 0. The van der Waals surface area contributed by atoms with E-state index in [4.69, 9.17) is 23.2 Å². The number of carbonyl (C=O) groups excluding carboxylic acids is 2. The predicted molar refractivity (Wildman–Crippen MR) is 78.9 cm³/mol. The quantitative estimate of drug-likeness (QED) is 0.869. The first-order valence-electron chi connectivity index (χ1n) is 6.35. The zero-order chi connectivity index (χ0) is 15.1. The average Bonchev–Trinajstić information content (AvgIpc) is 2.53. The van der Waals surface area contributed by atoms with E-state index in [0.29, 0.717) is 22.2 Å². The molecule has 1 aromatic carbocycles. The minimum absolute atomic E-state index is 0.202. The van der Waals surface area contributed by atoms with Crippen molar-refractivity contribution in [1.29, 1.82) is 0 Å². The molecule has 1 unspecified atom stereocenters. The number of rotatable bonds is 3. The van der Waals surface area contributed by atoms with Crippen LogP contribution in [0.25, 0.3) is 0 Å². The van der Waals surface area contributed by atoms with Crippen LogP contribution in [0.4, 0.5) is 4.79 Å². The number of halogens is 2. The van der Waals surface area contributed by atoms with E-state index in [1.165, 1.54) is 4.90 Å². The highest BCUT2D eigenvalue weighted by Gasteiger charge is 2.49. The first-order chi connectivity index (χ1) is 9.25. The van der Waals surface area contributed by atoms with Crippen LogP contribution in [0.5, 0.6) is 0 Å². The lowest BCUT2D eigenvalue weighted by Gasteiger charge is -2.24. The lowest BCUT2D eigenvalue weighted by molar-refractivity contribution is -0.131. The van der Waals surface area contributed by atoms with Crippen LogP contribution >= 0.6 is 23.2 Å². The lowest BCUT2D eigenvalue weighted by Crippen LogP contribution is -2.41. The van der Waals surface area contributed by atoms with E-state index in [9.17, 15) is 9.59 Å². The predicted octanol–water partition coefficient (Wildman–Crippen LogP) is 3.42. The molecule has 108 valence electrons. The highest BCUT2D eigenvalue weighted by atomic mass is 35.5. The fourth-order valence-corrected chi connectivity index (χ4v) is 2.90. The Bertz CT molecular complexity index is 574. The highest BCUT2D eigenvalue weighted by Crippen LogP contribution is 2.35. The molecule has 1 fully saturated rings. The molecule has 0 saturated carbocycles. The summed E-state index contributed by atoms with van der Waals surface area (Å²) in [6.45, 7) is 5.94. The minimum atomic E-state index is -1.15. The van der Waals surface area contributed by atoms with E-state index in [-0.39, 0.29) is 11.8 Å². The Labute approximate surface area is 128 Å². The molecule has 1 aromatic rings. The Morgan fingerprint density at radius 3 is 2.50 bits per heavy atom. The van der Waals surface area contributed by atoms with E-state index in [2.05, 4.69) is 5.32 Å². The minimum Gasteiger partial charge on any atom is -0.319 e. The molecule has 1 aliphatic rings. The second-order valence-corrected chi connectivity index (χ2v) is 6.33. The molecule has 1 atom stereocenters. The van der Waals surface area contributed by atoms with Gasteiger partial charge in [0.1, 0.15) is 5.54 Å². The van der Waals surface area contributed by atoms with Gasteiger partial charge in [0.05, 0.1) is 0 Å². The Morgan fingerprint density at radius 2 is 1.95 bits per heavy atom. The van der Waals surface area contributed by atoms with Crippen molar-refractivity contribution in [3.63, 3.8) is 0 Å². The van der Waals surface area contributed by atoms with Gasteiger partial charge < -0.3 is 5.32 Å². The molecular weight excluding hydrogens is 299 g/mol. The fraction of sp³-hybridized carbons (Fsp3) is 0.429. The second kappa shape index (κ2) is 5.26. The monoisotopic (exact) mass is 314 g/mol. The van der Waals surface area contributed by atoms with E-state index < -0.39 is 11.6 Å². The van der Waals surface area contributed by atoms with Crippen molar-refractivity contribution in [2.45, 2.75) is 26.3 Å². The summed E-state index contributed by atoms with van der Waals surface area (Å²) in [6, 6.07) is 4.49. The molecule has 1 aliphatic heterocycles. The van der Waals surface area contributed by atoms with Gasteiger partial charge in [-0.05, 0) is 25.0 Å². The van der Waals surface area contributed by atoms with Crippen LogP contribution in [0, 0.1) is 5.92 Å². The van der Waals surface area contributed by atoms with Crippen molar-refractivity contribution in [3.8, 4) is 0 Å². The zero-order valence-corrected chi connectivity index (χ0v) is 13.0. The highest BCUT2D eigenvalue weighted by molar-refractivity contribution is 6.35. The molecule has 3 amide bonds. The first kappa shape index (κ1) is 15.1. The Balaban J connectivity index is 2.41. The molecule has 1 heterocycles. The number of benzene rings is 1. The summed E-state index contributed by atoms with van der Waals surface area (Å²) in [6.07, 6.45) is 0. The number of carbonyl (C=O) groups is 2. The molecule has 2 rings (SSSR count). The van der Waals surface area contributed by atoms with Gasteiger partial charge in [-0.1, -0.05) is 43.1 Å². The van der Waals surface area contributed by atoms with Gasteiger partial charge in [0.2, 0.25) is 0 Å². The van der Waals surface area contributed by atoms with Gasteiger partial charge >= 0.3 is 6.03 Å². The molecule has 1 saturated heterocycles. The molecule has 0 bridgehead atoms. The molecule has 0 aliphatic carbocycles. The standard InChI is InChI=1S/C14H16Cl2N2O2/c1-8(2)7-18-12(19)14(3,17-13(18)20)10-5-4-9(15)6-11(10)16/h4-6,8H,7H2,1-3H3,(H,17,20). The van der Waals surface area contributed by atoms with Crippen LogP contribution in [0.2, 0.25) is 10.0 Å². The SMILES string of the molecule is CC(C)CN1C(=O)NC(C)(c2ccc(Cl)cc2Cl)C1=O. The van der Waals surface area contributed by atoms with Gasteiger partial charge in [0, 0.05) is 22.2 Å². The molecule has 0 radical (unpaired) electrons. The summed E-state index contributed by atoms with van der Waals surface area (Å²) in [4.78, 5) is 25.8. The van der Waals surface area contributed by atoms with E-state index in [1.807, 2.05) is 13.8 Å². The maximum Gasteiger partial charge on any atom is 0.325 e. The van der Waals surface area contributed by atoms with Crippen molar-refractivity contribution in [2.24, 2.45) is 5.92 Å². The second-order valence-electron chi connectivity index (χ2n) is 5.49. The van der Waals surface area contributed by atoms with Crippen LogP contribution in [-0.2, 0) is 10.3 Å². The third kappa shape index (κ3) is 2.50. The number of hydrogen-bond donors (Lipinski definition) is 1. The third-order valence-electron chi connectivity index (χ3n) is 3.29. The Morgan fingerprint density at radius 1 is 1.30 bits per heavy atom. The number of nitrogens with one attached hydrogen (secondary N) is 1. The third-order valence-corrected chi connectivity index (χ3v) is 3.84. The maximum atomic E-state index is 12.6. The summed E-state index contributed by atoms with van der Waals surface area (Å²) >= 11 is 12.0. The van der Waals surface area contributed by atoms with Crippen LogP contribution < -0.4 is 5.32 Å². The summed E-state index contributed by atoms with van der Waals surface area (Å²) in [5, 5.41) is 3.57.